The molecule has 0 saturated carbocycles. The van der Waals surface area contributed by atoms with Crippen molar-refractivity contribution in [1.82, 2.24) is 0 Å². The number of fused-ring (bicyclic) bond motifs is 3. The van der Waals surface area contributed by atoms with E-state index in [2.05, 4.69) is 5.16 Å². The minimum atomic E-state index is -4.30. The van der Waals surface area contributed by atoms with Gasteiger partial charge in [0.25, 0.3) is 10.1 Å². The zero-order valence-corrected chi connectivity index (χ0v) is 28.9. The first-order valence-corrected chi connectivity index (χ1v) is 17.9. The molecule has 6 rings (SSSR count). The summed E-state index contributed by atoms with van der Waals surface area (Å²) in [4.78, 5) is 45.6. The van der Waals surface area contributed by atoms with E-state index >= 15 is 0 Å². The minimum absolute atomic E-state index is 0.109. The van der Waals surface area contributed by atoms with E-state index in [4.69, 9.17) is 23.2 Å². The summed E-state index contributed by atoms with van der Waals surface area (Å²) < 4.78 is 48.0. The van der Waals surface area contributed by atoms with Crippen molar-refractivity contribution in [3.05, 3.63) is 144 Å². The predicted molar refractivity (Wildman–Crippen MR) is 196 cm³/mol. The van der Waals surface area contributed by atoms with Crippen molar-refractivity contribution in [1.29, 1.82) is 0 Å². The molecule has 52 heavy (non-hydrogen) atoms. The van der Waals surface area contributed by atoms with E-state index in [9.17, 15) is 22.8 Å². The van der Waals surface area contributed by atoms with Gasteiger partial charge in [-0.15, -0.1) is 0 Å². The van der Waals surface area contributed by atoms with E-state index in [1.165, 1.54) is 13.2 Å². The van der Waals surface area contributed by atoms with E-state index in [0.717, 1.165) is 44.8 Å². The summed E-state index contributed by atoms with van der Waals surface area (Å²) in [7, 11) is -3.06. The van der Waals surface area contributed by atoms with Crippen molar-refractivity contribution in [3.8, 4) is 0 Å². The Labute approximate surface area is 299 Å². The topological polar surface area (TPSA) is 144 Å². The molecule has 0 heterocycles. The molecule has 264 valence electrons. The number of carbonyl (C=O) groups excluding carboxylic acids is 3. The van der Waals surface area contributed by atoms with Crippen molar-refractivity contribution in [2.45, 2.75) is 18.3 Å². The zero-order valence-electron chi connectivity index (χ0n) is 28.1. The molecular formula is C40H33NO10S. The van der Waals surface area contributed by atoms with Gasteiger partial charge in [0.2, 0.25) is 0 Å². The zero-order chi connectivity index (χ0) is 36.7. The lowest BCUT2D eigenvalue weighted by molar-refractivity contribution is -0.0683. The van der Waals surface area contributed by atoms with Crippen LogP contribution in [0.4, 0.5) is 0 Å². The Kier molecular flexibility index (Phi) is 10.9. The molecule has 3 atom stereocenters. The number of oxime groups is 1. The van der Waals surface area contributed by atoms with E-state index in [1.54, 1.807) is 48.5 Å². The maximum atomic E-state index is 13.8. The van der Waals surface area contributed by atoms with Crippen LogP contribution in [0.25, 0.3) is 32.3 Å². The second kappa shape index (κ2) is 15.8. The largest absolute Gasteiger partial charge is 0.459 e. The van der Waals surface area contributed by atoms with Gasteiger partial charge in [-0.25, -0.2) is 14.4 Å². The van der Waals surface area contributed by atoms with Crippen molar-refractivity contribution in [3.63, 3.8) is 0 Å². The molecule has 6 aromatic rings. The lowest BCUT2D eigenvalue weighted by Gasteiger charge is -2.30. The Morgan fingerprint density at radius 1 is 0.615 bits per heavy atom. The van der Waals surface area contributed by atoms with Crippen LogP contribution in [0.15, 0.2) is 133 Å². The Hall–Kier alpha value is -6.11. The monoisotopic (exact) mass is 719 g/mol. The second-order valence-electron chi connectivity index (χ2n) is 11.8. The first-order chi connectivity index (χ1) is 25.1. The third-order valence-electron chi connectivity index (χ3n) is 8.12. The van der Waals surface area contributed by atoms with Gasteiger partial charge in [0.05, 0.1) is 29.2 Å². The molecule has 0 radical (unpaired) electrons. The molecule has 0 fully saturated rings. The van der Waals surface area contributed by atoms with Gasteiger partial charge in [-0.3, -0.25) is 4.18 Å². The SMILES string of the molecule is CON=CC(OC(=O)c1ccc2ccccc2c1)C(OC(=O)c1ccc2ccccc2c1)C(COC(=O)c1ccc2ccccc2c1)OS(C)(=O)=O. The third kappa shape index (κ3) is 8.78. The van der Waals surface area contributed by atoms with Crippen LogP contribution in [-0.4, -0.2) is 70.8 Å². The molecule has 0 aliphatic heterocycles. The predicted octanol–water partition coefficient (Wildman–Crippen LogP) is 6.73. The van der Waals surface area contributed by atoms with E-state index in [1.807, 2.05) is 72.8 Å². The molecule has 0 amide bonds. The number of ether oxygens (including phenoxy) is 3. The molecule has 3 unspecified atom stereocenters. The quantitative estimate of drug-likeness (QED) is 0.0414. The average Bonchev–Trinajstić information content (AvgIpc) is 3.15. The summed E-state index contributed by atoms with van der Waals surface area (Å²) >= 11 is 0. The van der Waals surface area contributed by atoms with Gasteiger partial charge in [-0.05, 0) is 68.7 Å². The molecule has 0 N–H and O–H groups in total. The summed E-state index contributed by atoms with van der Waals surface area (Å²) in [5, 5.41) is 8.67. The van der Waals surface area contributed by atoms with Crippen LogP contribution in [0.2, 0.25) is 0 Å². The van der Waals surface area contributed by atoms with Gasteiger partial charge in [0.1, 0.15) is 13.7 Å². The molecule has 0 spiro atoms. The fraction of sp³-hybridized carbons (Fsp3) is 0.150. The van der Waals surface area contributed by atoms with E-state index in [0.29, 0.717) is 0 Å². The molecular weight excluding hydrogens is 687 g/mol. The van der Waals surface area contributed by atoms with Gasteiger partial charge in [-0.1, -0.05) is 96.2 Å². The summed E-state index contributed by atoms with van der Waals surface area (Å²) in [5.41, 5.74) is 0.442. The van der Waals surface area contributed by atoms with Gasteiger partial charge >= 0.3 is 17.9 Å². The van der Waals surface area contributed by atoms with Crippen LogP contribution in [0, 0.1) is 0 Å². The highest BCUT2D eigenvalue weighted by atomic mass is 32.2. The van der Waals surface area contributed by atoms with Crippen LogP contribution in [0.5, 0.6) is 0 Å². The maximum Gasteiger partial charge on any atom is 0.338 e. The van der Waals surface area contributed by atoms with Crippen molar-refractivity contribution < 1.29 is 46.0 Å². The molecule has 11 nitrogen and oxygen atoms in total. The van der Waals surface area contributed by atoms with Gasteiger partial charge < -0.3 is 19.0 Å². The summed E-state index contributed by atoms with van der Waals surface area (Å²) in [6.45, 7) is -0.737. The highest BCUT2D eigenvalue weighted by molar-refractivity contribution is 7.86. The maximum absolute atomic E-state index is 13.8. The Morgan fingerprint density at radius 3 is 1.48 bits per heavy atom. The number of rotatable bonds is 13. The number of hydrogen-bond donors (Lipinski definition) is 0. The Morgan fingerprint density at radius 2 is 1.04 bits per heavy atom. The van der Waals surface area contributed by atoms with Gasteiger partial charge in [0, 0.05) is 0 Å². The van der Waals surface area contributed by atoms with Crippen LogP contribution < -0.4 is 0 Å². The number of benzene rings is 6. The molecule has 0 aliphatic carbocycles. The van der Waals surface area contributed by atoms with Crippen LogP contribution in [-0.2, 0) is 33.3 Å². The Balaban J connectivity index is 1.35. The van der Waals surface area contributed by atoms with Crippen molar-refractivity contribution in [2.75, 3.05) is 20.0 Å². The van der Waals surface area contributed by atoms with Crippen LogP contribution in [0.1, 0.15) is 31.1 Å². The lowest BCUT2D eigenvalue weighted by Crippen LogP contribution is -2.48. The molecule has 6 aromatic carbocycles. The van der Waals surface area contributed by atoms with Crippen LogP contribution in [0.3, 0.4) is 0 Å². The highest BCUT2D eigenvalue weighted by Crippen LogP contribution is 2.23. The fourth-order valence-electron chi connectivity index (χ4n) is 5.63. The number of esters is 3. The molecule has 0 saturated heterocycles. The average molecular weight is 720 g/mol. The van der Waals surface area contributed by atoms with Crippen LogP contribution >= 0.6 is 0 Å². The minimum Gasteiger partial charge on any atom is -0.459 e. The molecule has 0 aromatic heterocycles. The van der Waals surface area contributed by atoms with E-state index < -0.39 is 52.9 Å². The van der Waals surface area contributed by atoms with Crippen molar-refractivity contribution in [2.24, 2.45) is 5.16 Å². The number of hydrogen-bond acceptors (Lipinski definition) is 11. The molecule has 12 heteroatoms. The van der Waals surface area contributed by atoms with Crippen molar-refractivity contribution >= 4 is 66.6 Å². The number of nitrogens with zero attached hydrogens (tertiary/aromatic N) is 1. The summed E-state index contributed by atoms with van der Waals surface area (Å²) in [6, 6.07) is 36.8. The number of carbonyl (C=O) groups is 3. The first-order valence-electron chi connectivity index (χ1n) is 16.1. The standard InChI is InChI=1S/C40H33NO10S/c1-47-41-24-35(49-39(43)33-19-16-27-10-4-7-13-30(27)22-33)37(50-40(44)34-20-17-28-11-5-8-14-31(28)23-34)36(51-52(2,45)46)25-48-38(42)32-18-15-26-9-3-6-12-29(26)21-32/h3-24,35-37H,25H2,1-2H3. The van der Waals surface area contributed by atoms with Gasteiger partial charge in [0.15, 0.2) is 18.3 Å². The van der Waals surface area contributed by atoms with Gasteiger partial charge in [-0.2, -0.15) is 8.42 Å². The van der Waals surface area contributed by atoms with E-state index in [-0.39, 0.29) is 16.7 Å². The smallest absolute Gasteiger partial charge is 0.338 e. The first kappa shape index (κ1) is 35.7. The lowest BCUT2D eigenvalue weighted by atomic mass is 10.1. The Bertz CT molecular complexity index is 2410. The normalized spacial score (nSPS) is 13.4. The molecule has 0 bridgehead atoms. The summed E-state index contributed by atoms with van der Waals surface area (Å²) in [5.74, 6) is -2.56. The summed E-state index contributed by atoms with van der Waals surface area (Å²) in [6.07, 6.45) is -3.24. The second-order valence-corrected chi connectivity index (χ2v) is 13.4. The molecule has 0 aliphatic rings. The highest BCUT2D eigenvalue weighted by Gasteiger charge is 2.40. The third-order valence-corrected chi connectivity index (χ3v) is 8.72. The fourth-order valence-corrected chi connectivity index (χ4v) is 6.25.